The Hall–Kier alpha value is -1.95. The van der Waals surface area contributed by atoms with E-state index in [1.165, 1.54) is 0 Å². The average molecular weight is 299 g/mol. The van der Waals surface area contributed by atoms with E-state index >= 15 is 0 Å². The SMILES string of the molecule is COCC1[C@H]2CN(c3ccc(-n4nc(C)cc4C)nn3)C[C@@H]12. The van der Waals surface area contributed by atoms with Crippen LogP contribution in [0.3, 0.4) is 0 Å². The van der Waals surface area contributed by atoms with Crippen molar-refractivity contribution >= 4 is 5.82 Å². The first-order chi connectivity index (χ1) is 10.7. The maximum Gasteiger partial charge on any atom is 0.176 e. The van der Waals surface area contributed by atoms with Crippen LogP contribution in [0.2, 0.25) is 0 Å². The molecule has 0 bridgehead atoms. The largest absolute Gasteiger partial charge is 0.384 e. The molecule has 2 aromatic rings. The molecule has 22 heavy (non-hydrogen) atoms. The molecule has 1 aliphatic heterocycles. The second-order valence-corrected chi connectivity index (χ2v) is 6.44. The van der Waals surface area contributed by atoms with Gasteiger partial charge in [0, 0.05) is 32.5 Å². The van der Waals surface area contributed by atoms with E-state index in [1.807, 2.05) is 30.7 Å². The Balaban J connectivity index is 1.46. The number of fused-ring (bicyclic) bond motifs is 1. The molecule has 0 radical (unpaired) electrons. The fraction of sp³-hybridized carbons (Fsp3) is 0.562. The first-order valence-corrected chi connectivity index (χ1v) is 7.78. The summed E-state index contributed by atoms with van der Waals surface area (Å²) in [5.74, 6) is 4.04. The number of ether oxygens (including phenoxy) is 1. The molecule has 3 atom stereocenters. The van der Waals surface area contributed by atoms with E-state index in [2.05, 4.69) is 26.3 Å². The summed E-state index contributed by atoms with van der Waals surface area (Å²) in [5, 5.41) is 13.2. The van der Waals surface area contributed by atoms with Gasteiger partial charge in [-0.1, -0.05) is 0 Å². The predicted molar refractivity (Wildman–Crippen MR) is 83.2 cm³/mol. The van der Waals surface area contributed by atoms with Gasteiger partial charge in [-0.15, -0.1) is 10.2 Å². The second kappa shape index (κ2) is 5.05. The van der Waals surface area contributed by atoms with E-state index in [9.17, 15) is 0 Å². The van der Waals surface area contributed by atoms with Crippen molar-refractivity contribution < 1.29 is 4.74 Å². The zero-order valence-electron chi connectivity index (χ0n) is 13.2. The molecular formula is C16H21N5O. The fourth-order valence-electron chi connectivity index (χ4n) is 3.74. The lowest BCUT2D eigenvalue weighted by atomic mass is 10.3. The smallest absolute Gasteiger partial charge is 0.176 e. The van der Waals surface area contributed by atoms with Crippen LogP contribution in [0.15, 0.2) is 18.2 Å². The summed E-state index contributed by atoms with van der Waals surface area (Å²) < 4.78 is 7.10. The molecule has 116 valence electrons. The molecule has 0 aromatic carbocycles. The van der Waals surface area contributed by atoms with Gasteiger partial charge >= 0.3 is 0 Å². The molecule has 6 heteroatoms. The van der Waals surface area contributed by atoms with E-state index in [0.29, 0.717) is 0 Å². The quantitative estimate of drug-likeness (QED) is 0.858. The van der Waals surface area contributed by atoms with E-state index in [-0.39, 0.29) is 0 Å². The molecule has 2 fully saturated rings. The molecule has 0 spiro atoms. The minimum absolute atomic E-state index is 0.753. The standard InChI is InChI=1S/C16H21N5O/c1-10-6-11(2)21(19-10)16-5-4-15(17-18-16)20-7-12-13(8-20)14(12)9-22-3/h4-6,12-14H,7-9H2,1-3H3/t12-,13+,14?. The summed E-state index contributed by atoms with van der Waals surface area (Å²) in [4.78, 5) is 2.33. The molecule has 2 aliphatic rings. The van der Waals surface area contributed by atoms with Crippen LogP contribution >= 0.6 is 0 Å². The Morgan fingerprint density at radius 3 is 2.36 bits per heavy atom. The molecule has 0 N–H and O–H groups in total. The average Bonchev–Trinajstić information content (AvgIpc) is 2.87. The lowest BCUT2D eigenvalue weighted by Crippen LogP contribution is -2.26. The van der Waals surface area contributed by atoms with Gasteiger partial charge in [0.25, 0.3) is 0 Å². The van der Waals surface area contributed by atoms with Crippen LogP contribution in [-0.4, -0.2) is 46.8 Å². The topological polar surface area (TPSA) is 56.1 Å². The third-order valence-electron chi connectivity index (χ3n) is 4.92. The van der Waals surface area contributed by atoms with Crippen molar-refractivity contribution in [1.82, 2.24) is 20.0 Å². The number of methoxy groups -OCH3 is 1. The highest BCUT2D eigenvalue weighted by Crippen LogP contribution is 2.52. The number of hydrogen-bond acceptors (Lipinski definition) is 5. The van der Waals surface area contributed by atoms with Crippen LogP contribution in [-0.2, 0) is 4.74 Å². The highest BCUT2D eigenvalue weighted by molar-refractivity contribution is 5.43. The lowest BCUT2D eigenvalue weighted by Gasteiger charge is -2.20. The van der Waals surface area contributed by atoms with Gasteiger partial charge in [-0.05, 0) is 49.8 Å². The van der Waals surface area contributed by atoms with Gasteiger partial charge in [0.2, 0.25) is 0 Å². The van der Waals surface area contributed by atoms with Gasteiger partial charge in [-0.25, -0.2) is 4.68 Å². The normalized spacial score (nSPS) is 26.3. The number of anilines is 1. The maximum atomic E-state index is 5.26. The molecule has 1 unspecified atom stereocenters. The molecule has 1 saturated heterocycles. The summed E-state index contributed by atoms with van der Waals surface area (Å²) in [5.41, 5.74) is 2.07. The van der Waals surface area contributed by atoms with E-state index in [4.69, 9.17) is 4.74 Å². The molecule has 1 aliphatic carbocycles. The van der Waals surface area contributed by atoms with Crippen LogP contribution in [0.4, 0.5) is 5.82 Å². The summed E-state index contributed by atoms with van der Waals surface area (Å²) in [7, 11) is 1.79. The van der Waals surface area contributed by atoms with Crippen LogP contribution < -0.4 is 4.90 Å². The van der Waals surface area contributed by atoms with Crippen LogP contribution in [0, 0.1) is 31.6 Å². The molecule has 1 saturated carbocycles. The predicted octanol–water partition coefficient (Wildman–Crippen LogP) is 1.61. The third kappa shape index (κ3) is 2.18. The second-order valence-electron chi connectivity index (χ2n) is 6.44. The van der Waals surface area contributed by atoms with E-state index in [0.717, 1.165) is 60.5 Å². The minimum atomic E-state index is 0.753. The van der Waals surface area contributed by atoms with Crippen molar-refractivity contribution in [3.8, 4) is 5.82 Å². The van der Waals surface area contributed by atoms with Gasteiger partial charge in [0.1, 0.15) is 0 Å². The Morgan fingerprint density at radius 1 is 1.14 bits per heavy atom. The van der Waals surface area contributed by atoms with E-state index in [1.54, 1.807) is 7.11 Å². The number of piperidine rings is 1. The van der Waals surface area contributed by atoms with Crippen molar-refractivity contribution in [3.63, 3.8) is 0 Å². The number of hydrogen-bond donors (Lipinski definition) is 0. The maximum absolute atomic E-state index is 5.26. The van der Waals surface area contributed by atoms with E-state index < -0.39 is 0 Å². The number of nitrogens with zero attached hydrogens (tertiary/aromatic N) is 5. The van der Waals surface area contributed by atoms with Crippen molar-refractivity contribution in [3.05, 3.63) is 29.6 Å². The van der Waals surface area contributed by atoms with Gasteiger partial charge in [-0.3, -0.25) is 0 Å². The first-order valence-electron chi connectivity index (χ1n) is 7.78. The fourth-order valence-corrected chi connectivity index (χ4v) is 3.74. The minimum Gasteiger partial charge on any atom is -0.384 e. The third-order valence-corrected chi connectivity index (χ3v) is 4.92. The number of aryl methyl sites for hydroxylation is 2. The van der Waals surface area contributed by atoms with Crippen LogP contribution in [0.1, 0.15) is 11.4 Å². The first kappa shape index (κ1) is 13.7. The zero-order valence-corrected chi connectivity index (χ0v) is 13.2. The van der Waals surface area contributed by atoms with Crippen molar-refractivity contribution in [2.75, 3.05) is 31.7 Å². The zero-order chi connectivity index (χ0) is 15.3. The Labute approximate surface area is 130 Å². The monoisotopic (exact) mass is 299 g/mol. The Morgan fingerprint density at radius 2 is 1.82 bits per heavy atom. The summed E-state index contributed by atoms with van der Waals surface area (Å²) >= 11 is 0. The molecule has 2 aromatic heterocycles. The van der Waals surface area contributed by atoms with Gasteiger partial charge < -0.3 is 9.64 Å². The summed E-state index contributed by atoms with van der Waals surface area (Å²) in [6.07, 6.45) is 0. The Bertz CT molecular complexity index is 668. The lowest BCUT2D eigenvalue weighted by molar-refractivity contribution is 0.176. The molecule has 6 nitrogen and oxygen atoms in total. The van der Waals surface area contributed by atoms with Crippen LogP contribution in [0.25, 0.3) is 5.82 Å². The molecular weight excluding hydrogens is 278 g/mol. The highest BCUT2D eigenvalue weighted by atomic mass is 16.5. The summed E-state index contributed by atoms with van der Waals surface area (Å²) in [6.45, 7) is 7.06. The van der Waals surface area contributed by atoms with Gasteiger partial charge in [0.05, 0.1) is 5.69 Å². The highest BCUT2D eigenvalue weighted by Gasteiger charge is 2.55. The molecule has 0 amide bonds. The molecule has 4 rings (SSSR count). The van der Waals surface area contributed by atoms with Gasteiger partial charge in [-0.2, -0.15) is 5.10 Å². The Kier molecular flexibility index (Phi) is 3.14. The van der Waals surface area contributed by atoms with Crippen LogP contribution in [0.5, 0.6) is 0 Å². The number of rotatable bonds is 4. The van der Waals surface area contributed by atoms with Crippen molar-refractivity contribution in [1.29, 1.82) is 0 Å². The summed E-state index contributed by atoms with van der Waals surface area (Å²) in [6, 6.07) is 6.09. The van der Waals surface area contributed by atoms with Crippen molar-refractivity contribution in [2.24, 2.45) is 17.8 Å². The van der Waals surface area contributed by atoms with Crippen molar-refractivity contribution in [2.45, 2.75) is 13.8 Å². The molecule has 3 heterocycles. The number of aromatic nitrogens is 4. The van der Waals surface area contributed by atoms with Gasteiger partial charge in [0.15, 0.2) is 11.6 Å².